The van der Waals surface area contributed by atoms with Crippen molar-refractivity contribution in [1.82, 2.24) is 0 Å². The highest BCUT2D eigenvalue weighted by atomic mass is 32.2. The largest absolute Gasteiger partial charge is 0.514 e. The third kappa shape index (κ3) is 3.45. The maximum atomic E-state index is 11.6. The first-order valence-corrected chi connectivity index (χ1v) is 7.27. The highest BCUT2D eigenvalue weighted by molar-refractivity contribution is 7.87. The van der Waals surface area contributed by atoms with Crippen LogP contribution in [-0.2, 0) is 19.0 Å². The first kappa shape index (κ1) is 13.8. The molecule has 1 heterocycles. The molecule has 0 aromatic heterocycles. The zero-order valence-corrected chi connectivity index (χ0v) is 11.4. The van der Waals surface area contributed by atoms with Gasteiger partial charge in [0.25, 0.3) is 10.1 Å². The Bertz CT molecular complexity index is 572. The van der Waals surface area contributed by atoms with Gasteiger partial charge in [0.05, 0.1) is 0 Å². The Balaban J connectivity index is 1.99. The molecule has 1 aliphatic heterocycles. The summed E-state index contributed by atoms with van der Waals surface area (Å²) < 4.78 is 36.6. The molecular weight excluding hydrogens is 272 g/mol. The van der Waals surface area contributed by atoms with Gasteiger partial charge in [-0.15, -0.1) is 0 Å². The van der Waals surface area contributed by atoms with Crippen LogP contribution in [0.3, 0.4) is 0 Å². The highest BCUT2D eigenvalue weighted by Crippen LogP contribution is 2.23. The van der Waals surface area contributed by atoms with E-state index >= 15 is 0 Å². The molecule has 2 rings (SSSR count). The molecule has 1 atom stereocenters. The second-order valence-electron chi connectivity index (χ2n) is 4.32. The maximum absolute atomic E-state index is 11.6. The highest BCUT2D eigenvalue weighted by Gasteiger charge is 2.32. The normalized spacial score (nSPS) is 21.1. The first-order valence-electron chi connectivity index (χ1n) is 5.69. The Morgan fingerprint density at radius 1 is 1.32 bits per heavy atom. The first-order chi connectivity index (χ1) is 8.87. The summed E-state index contributed by atoms with van der Waals surface area (Å²) >= 11 is 0. The van der Waals surface area contributed by atoms with Crippen LogP contribution in [0.15, 0.2) is 18.2 Å². The van der Waals surface area contributed by atoms with Gasteiger partial charge in [-0.2, -0.15) is 8.42 Å². The smallest absolute Gasteiger partial charge is 0.427 e. The van der Waals surface area contributed by atoms with Crippen LogP contribution in [-0.4, -0.2) is 33.0 Å². The van der Waals surface area contributed by atoms with Gasteiger partial charge in [0.15, 0.2) is 0 Å². The van der Waals surface area contributed by atoms with Crippen molar-refractivity contribution in [2.24, 2.45) is 0 Å². The summed E-state index contributed by atoms with van der Waals surface area (Å²) in [6, 6.07) is 5.46. The van der Waals surface area contributed by atoms with Crippen molar-refractivity contribution in [2.75, 3.05) is 12.4 Å². The summed E-state index contributed by atoms with van der Waals surface area (Å²) in [5.41, 5.74) is 1.60. The number of rotatable bonds is 2. The molecule has 1 fully saturated rings. The Kier molecular flexibility index (Phi) is 3.77. The van der Waals surface area contributed by atoms with E-state index < -0.39 is 22.4 Å². The average molecular weight is 286 g/mol. The van der Waals surface area contributed by atoms with Crippen molar-refractivity contribution in [3.05, 3.63) is 29.3 Å². The molecule has 1 aromatic rings. The van der Waals surface area contributed by atoms with E-state index in [4.69, 9.17) is 9.47 Å². The van der Waals surface area contributed by atoms with Crippen molar-refractivity contribution in [1.29, 1.82) is 0 Å². The van der Waals surface area contributed by atoms with Gasteiger partial charge < -0.3 is 9.47 Å². The van der Waals surface area contributed by atoms with Crippen molar-refractivity contribution in [3.63, 3.8) is 0 Å². The Morgan fingerprint density at radius 3 is 2.47 bits per heavy atom. The fourth-order valence-corrected chi connectivity index (χ4v) is 2.85. The molecule has 0 spiro atoms. The third-order valence-electron chi connectivity index (χ3n) is 2.68. The molecule has 0 N–H and O–H groups in total. The molecule has 7 heteroatoms. The van der Waals surface area contributed by atoms with Crippen LogP contribution in [0.1, 0.15) is 11.1 Å². The summed E-state index contributed by atoms with van der Waals surface area (Å²) in [5, 5.41) is 0. The number of carbonyl (C=O) groups is 1. The monoisotopic (exact) mass is 286 g/mol. The molecule has 6 nitrogen and oxygen atoms in total. The van der Waals surface area contributed by atoms with Crippen molar-refractivity contribution in [3.8, 4) is 5.75 Å². The predicted octanol–water partition coefficient (Wildman–Crippen LogP) is 1.55. The van der Waals surface area contributed by atoms with Crippen LogP contribution in [0.25, 0.3) is 0 Å². The van der Waals surface area contributed by atoms with Crippen LogP contribution in [0.5, 0.6) is 5.75 Å². The van der Waals surface area contributed by atoms with Gasteiger partial charge in [-0.05, 0) is 25.0 Å². The van der Waals surface area contributed by atoms with E-state index in [1.54, 1.807) is 26.0 Å². The van der Waals surface area contributed by atoms with Gasteiger partial charge in [-0.3, -0.25) is 4.18 Å². The third-order valence-corrected chi connectivity index (χ3v) is 3.96. The van der Waals surface area contributed by atoms with Crippen molar-refractivity contribution < 1.29 is 26.9 Å². The van der Waals surface area contributed by atoms with Gasteiger partial charge in [-0.25, -0.2) is 4.79 Å². The van der Waals surface area contributed by atoms with Crippen LogP contribution >= 0.6 is 0 Å². The molecule has 1 unspecified atom stereocenters. The lowest BCUT2D eigenvalue weighted by Gasteiger charge is -2.12. The Hall–Kier alpha value is -1.60. The van der Waals surface area contributed by atoms with Gasteiger partial charge in [0.1, 0.15) is 24.2 Å². The number of hydrogen-bond donors (Lipinski definition) is 0. The zero-order chi connectivity index (χ0) is 14.0. The molecule has 0 amide bonds. The second-order valence-corrected chi connectivity index (χ2v) is 6.01. The maximum Gasteiger partial charge on any atom is 0.514 e. The standard InChI is InChI=1S/C12H14O6S/c1-8-4-3-5-9(2)11(8)18-12(13)17-10-6-16-19(14,15)7-10/h3-5,10H,6-7H2,1-2H3. The minimum atomic E-state index is -3.56. The molecule has 1 saturated heterocycles. The van der Waals surface area contributed by atoms with Crippen LogP contribution in [0, 0.1) is 13.8 Å². The Labute approximate surface area is 111 Å². The molecule has 1 aromatic carbocycles. The van der Waals surface area contributed by atoms with Crippen LogP contribution < -0.4 is 4.74 Å². The molecule has 1 aliphatic rings. The molecule has 104 valence electrons. The molecule has 19 heavy (non-hydrogen) atoms. The number of para-hydroxylation sites is 1. The SMILES string of the molecule is Cc1cccc(C)c1OC(=O)OC1COS(=O)(=O)C1. The minimum Gasteiger partial charge on any atom is -0.427 e. The van der Waals surface area contributed by atoms with Gasteiger partial charge in [-0.1, -0.05) is 18.2 Å². The fourth-order valence-electron chi connectivity index (χ4n) is 1.78. The van der Waals surface area contributed by atoms with Crippen molar-refractivity contribution in [2.45, 2.75) is 20.0 Å². The summed E-state index contributed by atoms with van der Waals surface area (Å²) in [4.78, 5) is 11.6. The van der Waals surface area contributed by atoms with Gasteiger partial charge in [0.2, 0.25) is 0 Å². The van der Waals surface area contributed by atoms with E-state index in [0.717, 1.165) is 11.1 Å². The number of benzene rings is 1. The zero-order valence-electron chi connectivity index (χ0n) is 10.6. The molecule has 0 aliphatic carbocycles. The quantitative estimate of drug-likeness (QED) is 0.466. The number of hydrogen-bond acceptors (Lipinski definition) is 6. The summed E-state index contributed by atoms with van der Waals surface area (Å²) in [6.45, 7) is 3.45. The average Bonchev–Trinajstić information content (AvgIpc) is 2.63. The second kappa shape index (κ2) is 5.18. The lowest BCUT2D eigenvalue weighted by molar-refractivity contribution is 0.0569. The lowest BCUT2D eigenvalue weighted by Crippen LogP contribution is -2.24. The van der Waals surface area contributed by atoms with E-state index in [0.29, 0.717) is 5.75 Å². The number of ether oxygens (including phenoxy) is 2. The van der Waals surface area contributed by atoms with E-state index in [2.05, 4.69) is 4.18 Å². The topological polar surface area (TPSA) is 78.9 Å². The lowest BCUT2D eigenvalue weighted by atomic mass is 10.1. The predicted molar refractivity (Wildman–Crippen MR) is 66.6 cm³/mol. The Morgan fingerprint density at radius 2 is 1.95 bits per heavy atom. The summed E-state index contributed by atoms with van der Waals surface area (Å²) in [6.07, 6.45) is -1.75. The van der Waals surface area contributed by atoms with E-state index in [1.807, 2.05) is 6.07 Å². The molecule has 0 bridgehead atoms. The molecule has 0 radical (unpaired) electrons. The molecule has 0 saturated carbocycles. The fraction of sp³-hybridized carbons (Fsp3) is 0.417. The minimum absolute atomic E-state index is 0.163. The van der Waals surface area contributed by atoms with E-state index in [-0.39, 0.29) is 12.4 Å². The summed E-state index contributed by atoms with van der Waals surface area (Å²) in [7, 11) is -3.56. The summed E-state index contributed by atoms with van der Waals surface area (Å²) in [5.74, 6) is 0.0868. The van der Waals surface area contributed by atoms with Crippen molar-refractivity contribution >= 4 is 16.3 Å². The van der Waals surface area contributed by atoms with Crippen LogP contribution in [0.4, 0.5) is 4.79 Å². The number of carbonyl (C=O) groups excluding carboxylic acids is 1. The molecular formula is C12H14O6S. The van der Waals surface area contributed by atoms with Gasteiger partial charge in [0, 0.05) is 0 Å². The van der Waals surface area contributed by atoms with Gasteiger partial charge >= 0.3 is 6.16 Å². The van der Waals surface area contributed by atoms with Crippen LogP contribution in [0.2, 0.25) is 0 Å². The van der Waals surface area contributed by atoms with E-state index in [1.165, 1.54) is 0 Å². The number of aryl methyl sites for hydroxylation is 2. The van der Waals surface area contributed by atoms with E-state index in [9.17, 15) is 13.2 Å².